The van der Waals surface area contributed by atoms with Crippen molar-refractivity contribution < 1.29 is 4.74 Å². The Labute approximate surface area is 182 Å². The van der Waals surface area contributed by atoms with Crippen LogP contribution in [0.2, 0.25) is 5.02 Å². The Kier molecular flexibility index (Phi) is 5.93. The molecule has 4 aromatic rings. The number of rotatable bonds is 6. The Balaban J connectivity index is 1.78. The summed E-state index contributed by atoms with van der Waals surface area (Å²) >= 11 is 7.49. The van der Waals surface area contributed by atoms with Gasteiger partial charge in [0.05, 0.1) is 12.3 Å². The monoisotopic (exact) mass is 434 g/mol. The van der Waals surface area contributed by atoms with Gasteiger partial charge in [0.25, 0.3) is 0 Å². The van der Waals surface area contributed by atoms with Crippen LogP contribution in [0.4, 0.5) is 0 Å². The lowest BCUT2D eigenvalue weighted by atomic mass is 10.2. The van der Waals surface area contributed by atoms with Crippen molar-refractivity contribution >= 4 is 23.4 Å². The van der Waals surface area contributed by atoms with Crippen LogP contribution < -0.4 is 4.74 Å². The highest BCUT2D eigenvalue weighted by atomic mass is 35.5. The molecule has 0 saturated carbocycles. The molecule has 148 valence electrons. The number of hydrogen-bond acceptors (Lipinski definition) is 7. The van der Waals surface area contributed by atoms with E-state index >= 15 is 0 Å². The summed E-state index contributed by atoms with van der Waals surface area (Å²) in [7, 11) is 0. The summed E-state index contributed by atoms with van der Waals surface area (Å²) in [4.78, 5) is 0. The highest BCUT2D eigenvalue weighted by Gasteiger charge is 2.18. The summed E-state index contributed by atoms with van der Waals surface area (Å²) in [6.07, 6.45) is 0. The van der Waals surface area contributed by atoms with Crippen molar-refractivity contribution in [2.45, 2.75) is 17.1 Å². The van der Waals surface area contributed by atoms with Gasteiger partial charge in [-0.15, -0.1) is 20.4 Å². The lowest BCUT2D eigenvalue weighted by molar-refractivity contribution is 0.340. The molecule has 0 atom stereocenters. The van der Waals surface area contributed by atoms with E-state index in [1.165, 1.54) is 11.8 Å². The van der Waals surface area contributed by atoms with Crippen LogP contribution in [0.25, 0.3) is 17.1 Å². The van der Waals surface area contributed by atoms with Crippen molar-refractivity contribution in [2.24, 2.45) is 0 Å². The molecule has 0 aliphatic carbocycles. The zero-order valence-corrected chi connectivity index (χ0v) is 17.4. The van der Waals surface area contributed by atoms with Crippen LogP contribution in [0.5, 0.6) is 5.75 Å². The van der Waals surface area contributed by atoms with E-state index in [2.05, 4.69) is 20.4 Å². The fourth-order valence-corrected chi connectivity index (χ4v) is 3.73. The van der Waals surface area contributed by atoms with Crippen molar-refractivity contribution in [2.75, 3.05) is 6.61 Å². The van der Waals surface area contributed by atoms with Gasteiger partial charge in [0.1, 0.15) is 16.8 Å². The van der Waals surface area contributed by atoms with E-state index in [9.17, 15) is 0 Å². The summed E-state index contributed by atoms with van der Waals surface area (Å²) < 4.78 is 7.47. The van der Waals surface area contributed by atoms with E-state index in [1.807, 2.05) is 66.1 Å². The van der Waals surface area contributed by atoms with Gasteiger partial charge in [0, 0.05) is 10.6 Å². The van der Waals surface area contributed by atoms with Crippen LogP contribution in [-0.4, -0.2) is 31.6 Å². The lowest BCUT2D eigenvalue weighted by Gasteiger charge is -2.11. The van der Waals surface area contributed by atoms with Crippen molar-refractivity contribution in [3.63, 3.8) is 0 Å². The average molecular weight is 435 g/mol. The zero-order chi connectivity index (χ0) is 20.9. The molecule has 0 aliphatic rings. The SMILES string of the molecule is CCOc1ccc(-n2c(Sc3ccc(C#N)nn3)nnc2-c2cccc(Cl)c2)cc1. The van der Waals surface area contributed by atoms with Gasteiger partial charge in [0.15, 0.2) is 11.5 Å². The van der Waals surface area contributed by atoms with Gasteiger partial charge in [-0.3, -0.25) is 4.57 Å². The van der Waals surface area contributed by atoms with E-state index in [4.69, 9.17) is 21.6 Å². The maximum absolute atomic E-state index is 8.92. The molecule has 9 heteroatoms. The number of nitrogens with zero attached hydrogens (tertiary/aromatic N) is 6. The Morgan fingerprint density at radius 2 is 1.87 bits per heavy atom. The standard InChI is InChI=1S/C21H15ClN6OS/c1-2-29-18-9-7-17(8-10-18)28-20(14-4-3-5-15(22)12-14)26-27-21(28)30-19-11-6-16(13-23)24-25-19/h3-12H,2H2,1H3. The average Bonchev–Trinajstić information content (AvgIpc) is 3.18. The van der Waals surface area contributed by atoms with Gasteiger partial charge in [-0.2, -0.15) is 5.26 Å². The third kappa shape index (κ3) is 4.27. The maximum atomic E-state index is 8.92. The summed E-state index contributed by atoms with van der Waals surface area (Å²) in [6.45, 7) is 2.54. The first-order valence-electron chi connectivity index (χ1n) is 9.04. The van der Waals surface area contributed by atoms with Gasteiger partial charge in [-0.25, -0.2) is 0 Å². The maximum Gasteiger partial charge on any atom is 0.202 e. The molecule has 7 nitrogen and oxygen atoms in total. The van der Waals surface area contributed by atoms with Gasteiger partial charge in [0.2, 0.25) is 5.16 Å². The quantitative estimate of drug-likeness (QED) is 0.430. The van der Waals surface area contributed by atoms with Crippen molar-refractivity contribution in [3.8, 4) is 28.9 Å². The second-order valence-corrected chi connectivity index (χ2v) is 7.47. The van der Waals surface area contributed by atoms with Crippen molar-refractivity contribution in [3.05, 3.63) is 71.4 Å². The molecule has 0 spiro atoms. The summed E-state index contributed by atoms with van der Waals surface area (Å²) in [5.41, 5.74) is 1.95. The minimum absolute atomic E-state index is 0.256. The van der Waals surface area contributed by atoms with E-state index in [0.717, 1.165) is 17.0 Å². The van der Waals surface area contributed by atoms with E-state index in [-0.39, 0.29) is 5.69 Å². The van der Waals surface area contributed by atoms with Crippen LogP contribution in [0.3, 0.4) is 0 Å². The number of ether oxygens (including phenoxy) is 1. The molecular weight excluding hydrogens is 420 g/mol. The second-order valence-electron chi connectivity index (χ2n) is 6.05. The number of halogens is 1. The number of hydrogen-bond donors (Lipinski definition) is 0. The molecule has 4 rings (SSSR count). The molecule has 0 fully saturated rings. The summed E-state index contributed by atoms with van der Waals surface area (Å²) in [6, 6.07) is 20.4. The molecule has 0 N–H and O–H groups in total. The van der Waals surface area contributed by atoms with Crippen LogP contribution in [0.15, 0.2) is 70.8 Å². The first-order valence-corrected chi connectivity index (χ1v) is 10.2. The molecule has 0 unspecified atom stereocenters. The summed E-state index contributed by atoms with van der Waals surface area (Å²) in [5, 5.41) is 27.5. The number of benzene rings is 2. The van der Waals surface area contributed by atoms with Crippen LogP contribution in [-0.2, 0) is 0 Å². The minimum Gasteiger partial charge on any atom is -0.494 e. The molecule has 2 heterocycles. The first-order chi connectivity index (χ1) is 14.7. The number of nitriles is 1. The highest BCUT2D eigenvalue weighted by Crippen LogP contribution is 2.32. The number of aromatic nitrogens is 5. The molecule has 0 radical (unpaired) electrons. The predicted octanol–water partition coefficient (Wildman–Crippen LogP) is 4.80. The molecule has 2 aromatic carbocycles. The van der Waals surface area contributed by atoms with Gasteiger partial charge in [-0.05, 0) is 67.2 Å². The van der Waals surface area contributed by atoms with Gasteiger partial charge in [-0.1, -0.05) is 23.7 Å². The van der Waals surface area contributed by atoms with Gasteiger partial charge >= 0.3 is 0 Å². The molecule has 30 heavy (non-hydrogen) atoms. The Morgan fingerprint density at radius 3 is 2.53 bits per heavy atom. The molecular formula is C21H15ClN6OS. The predicted molar refractivity (Wildman–Crippen MR) is 114 cm³/mol. The van der Waals surface area contributed by atoms with E-state index in [0.29, 0.717) is 27.6 Å². The lowest BCUT2D eigenvalue weighted by Crippen LogP contribution is -2.00. The molecule has 0 saturated heterocycles. The molecule has 0 aliphatic heterocycles. The minimum atomic E-state index is 0.256. The molecule has 0 amide bonds. The fourth-order valence-electron chi connectivity index (χ4n) is 2.77. The third-order valence-electron chi connectivity index (χ3n) is 4.07. The normalized spacial score (nSPS) is 10.6. The molecule has 2 aromatic heterocycles. The Bertz CT molecular complexity index is 1200. The zero-order valence-electron chi connectivity index (χ0n) is 15.9. The first kappa shape index (κ1) is 19.9. The van der Waals surface area contributed by atoms with Gasteiger partial charge < -0.3 is 4.74 Å². The second kappa shape index (κ2) is 8.95. The Hall–Kier alpha value is -3.41. The topological polar surface area (TPSA) is 89.5 Å². The van der Waals surface area contributed by atoms with Crippen LogP contribution in [0.1, 0.15) is 12.6 Å². The smallest absolute Gasteiger partial charge is 0.202 e. The van der Waals surface area contributed by atoms with Crippen molar-refractivity contribution in [1.29, 1.82) is 5.26 Å². The third-order valence-corrected chi connectivity index (χ3v) is 5.18. The fraction of sp³-hybridized carbons (Fsp3) is 0.0952. The summed E-state index contributed by atoms with van der Waals surface area (Å²) in [5.74, 6) is 1.43. The van der Waals surface area contributed by atoms with E-state index in [1.54, 1.807) is 12.1 Å². The Morgan fingerprint density at radius 1 is 1.03 bits per heavy atom. The van der Waals surface area contributed by atoms with Crippen LogP contribution in [0, 0.1) is 11.3 Å². The van der Waals surface area contributed by atoms with E-state index < -0.39 is 0 Å². The molecule has 0 bridgehead atoms. The van der Waals surface area contributed by atoms with Crippen molar-refractivity contribution in [1.82, 2.24) is 25.0 Å². The van der Waals surface area contributed by atoms with Crippen LogP contribution >= 0.6 is 23.4 Å². The largest absolute Gasteiger partial charge is 0.494 e. The highest BCUT2D eigenvalue weighted by molar-refractivity contribution is 7.99.